The molecule has 0 aliphatic carbocycles. The fourth-order valence-corrected chi connectivity index (χ4v) is 2.75. The van der Waals surface area contributed by atoms with Gasteiger partial charge in [-0.3, -0.25) is 0 Å². The van der Waals surface area contributed by atoms with Crippen molar-refractivity contribution >= 4 is 34.8 Å². The van der Waals surface area contributed by atoms with Crippen LogP contribution < -0.4 is 4.74 Å². The van der Waals surface area contributed by atoms with Crippen LogP contribution in [0.25, 0.3) is 0 Å². The van der Waals surface area contributed by atoms with Crippen molar-refractivity contribution in [1.82, 2.24) is 0 Å². The van der Waals surface area contributed by atoms with Crippen molar-refractivity contribution in [2.75, 3.05) is 6.61 Å². The number of aliphatic hydroxyl groups is 1. The minimum atomic E-state index is -1.48. The third kappa shape index (κ3) is 7.09. The molecule has 0 aromatic heterocycles. The SMILES string of the molecule is CC(C)(C)c1ccc(OCC(O)CC(Cl)(Cl)Cl)c(C(C)(C)C)c1. The lowest BCUT2D eigenvalue weighted by atomic mass is 9.80. The Morgan fingerprint density at radius 1 is 1.00 bits per heavy atom. The lowest BCUT2D eigenvalue weighted by Gasteiger charge is -2.28. The Hall–Kier alpha value is -0.150. The summed E-state index contributed by atoms with van der Waals surface area (Å²) in [7, 11) is 0. The van der Waals surface area contributed by atoms with E-state index in [1.165, 1.54) is 5.56 Å². The van der Waals surface area contributed by atoms with Crippen molar-refractivity contribution in [3.05, 3.63) is 29.3 Å². The van der Waals surface area contributed by atoms with Gasteiger partial charge in [0.2, 0.25) is 0 Å². The highest BCUT2D eigenvalue weighted by molar-refractivity contribution is 6.67. The first kappa shape index (κ1) is 20.9. The molecule has 1 aromatic rings. The molecule has 0 aliphatic heterocycles. The highest BCUT2D eigenvalue weighted by Gasteiger charge is 2.26. The zero-order chi connectivity index (χ0) is 18.1. The number of hydrogen-bond donors (Lipinski definition) is 1. The van der Waals surface area contributed by atoms with Crippen LogP contribution in [0.1, 0.15) is 59.1 Å². The maximum atomic E-state index is 9.95. The molecule has 0 amide bonds. The predicted octanol–water partition coefficient (Wildman–Crippen LogP) is 5.78. The van der Waals surface area contributed by atoms with E-state index >= 15 is 0 Å². The molecule has 1 N–H and O–H groups in total. The zero-order valence-corrected chi connectivity index (χ0v) is 17.0. The fraction of sp³-hybridized carbons (Fsp3) is 0.667. The minimum Gasteiger partial charge on any atom is -0.491 e. The summed E-state index contributed by atoms with van der Waals surface area (Å²) in [6, 6.07) is 6.20. The molecule has 5 heteroatoms. The number of halogens is 3. The van der Waals surface area contributed by atoms with Gasteiger partial charge in [0.1, 0.15) is 12.4 Å². The quantitative estimate of drug-likeness (QED) is 0.670. The van der Waals surface area contributed by atoms with Crippen molar-refractivity contribution in [1.29, 1.82) is 0 Å². The number of alkyl halides is 3. The van der Waals surface area contributed by atoms with Gasteiger partial charge in [-0.05, 0) is 28.0 Å². The molecule has 132 valence electrons. The van der Waals surface area contributed by atoms with E-state index in [4.69, 9.17) is 39.5 Å². The molecule has 0 saturated carbocycles. The lowest BCUT2D eigenvalue weighted by molar-refractivity contribution is 0.0999. The Balaban J connectivity index is 2.98. The van der Waals surface area contributed by atoms with Crippen LogP contribution in [0.15, 0.2) is 18.2 Å². The van der Waals surface area contributed by atoms with Crippen LogP contribution in [0.5, 0.6) is 5.75 Å². The summed E-state index contributed by atoms with van der Waals surface area (Å²) >= 11 is 17.1. The standard InChI is InChI=1S/C18H27Cl3O2/c1-16(2,3)12-7-8-15(14(9-12)17(4,5)6)23-11-13(22)10-18(19,20)21/h7-9,13,22H,10-11H2,1-6H3. The largest absolute Gasteiger partial charge is 0.491 e. The maximum Gasteiger partial charge on any atom is 0.193 e. The van der Waals surface area contributed by atoms with Crippen LogP contribution in [0.4, 0.5) is 0 Å². The summed E-state index contributed by atoms with van der Waals surface area (Å²) in [5.74, 6) is 0.758. The molecule has 0 radical (unpaired) electrons. The Labute approximate surface area is 155 Å². The molecular weight excluding hydrogens is 355 g/mol. The normalized spacial score (nSPS) is 14.7. The molecule has 0 bridgehead atoms. The second-order valence-electron chi connectivity index (χ2n) is 8.00. The number of hydrogen-bond acceptors (Lipinski definition) is 2. The van der Waals surface area contributed by atoms with Crippen molar-refractivity contribution in [2.45, 2.75) is 68.7 Å². The zero-order valence-electron chi connectivity index (χ0n) is 14.7. The number of aliphatic hydroxyl groups excluding tert-OH is 1. The first-order valence-corrected chi connectivity index (χ1v) is 8.86. The highest BCUT2D eigenvalue weighted by Crippen LogP contribution is 2.36. The Bertz CT molecular complexity index is 523. The molecule has 0 spiro atoms. The molecule has 0 heterocycles. The molecule has 0 fully saturated rings. The molecule has 23 heavy (non-hydrogen) atoms. The van der Waals surface area contributed by atoms with Crippen molar-refractivity contribution in [2.24, 2.45) is 0 Å². The Kier molecular flexibility index (Phi) is 6.71. The fourth-order valence-electron chi connectivity index (χ4n) is 2.22. The summed E-state index contributed by atoms with van der Waals surface area (Å²) in [6.45, 7) is 13.0. The third-order valence-corrected chi connectivity index (χ3v) is 4.01. The minimum absolute atomic E-state index is 0.0303. The average Bonchev–Trinajstić information content (AvgIpc) is 2.31. The van der Waals surface area contributed by atoms with Gasteiger partial charge < -0.3 is 9.84 Å². The van der Waals surface area contributed by atoms with E-state index < -0.39 is 9.90 Å². The van der Waals surface area contributed by atoms with E-state index in [2.05, 4.69) is 53.7 Å². The van der Waals surface area contributed by atoms with E-state index in [-0.39, 0.29) is 23.9 Å². The van der Waals surface area contributed by atoms with Crippen molar-refractivity contribution in [3.63, 3.8) is 0 Å². The summed E-state index contributed by atoms with van der Waals surface area (Å²) in [4.78, 5) is 0. The second-order valence-corrected chi connectivity index (χ2v) is 10.5. The van der Waals surface area contributed by atoms with E-state index in [1.807, 2.05) is 6.07 Å². The van der Waals surface area contributed by atoms with Crippen LogP contribution >= 0.6 is 34.8 Å². The number of benzene rings is 1. The van der Waals surface area contributed by atoms with Gasteiger partial charge in [-0.2, -0.15) is 0 Å². The first-order chi connectivity index (χ1) is 10.2. The lowest BCUT2D eigenvalue weighted by Crippen LogP contribution is -2.25. The van der Waals surface area contributed by atoms with Crippen LogP contribution in [-0.4, -0.2) is 21.6 Å². The van der Waals surface area contributed by atoms with Crippen molar-refractivity contribution < 1.29 is 9.84 Å². The topological polar surface area (TPSA) is 29.5 Å². The summed E-state index contributed by atoms with van der Waals surface area (Å²) in [6.07, 6.45) is -0.805. The smallest absolute Gasteiger partial charge is 0.193 e. The second kappa shape index (κ2) is 7.39. The van der Waals surface area contributed by atoms with E-state index in [1.54, 1.807) is 0 Å². The maximum absolute atomic E-state index is 9.95. The molecule has 1 atom stereocenters. The van der Waals surface area contributed by atoms with Gasteiger partial charge in [-0.25, -0.2) is 0 Å². The molecule has 1 aromatic carbocycles. The Morgan fingerprint density at radius 3 is 2.00 bits per heavy atom. The third-order valence-electron chi connectivity index (χ3n) is 3.55. The van der Waals surface area contributed by atoms with E-state index in [9.17, 15) is 5.11 Å². The van der Waals surface area contributed by atoms with Crippen LogP contribution in [0, 0.1) is 0 Å². The van der Waals surface area contributed by atoms with Gasteiger partial charge >= 0.3 is 0 Å². The van der Waals surface area contributed by atoms with Gasteiger partial charge in [-0.1, -0.05) is 88.5 Å². The van der Waals surface area contributed by atoms with Gasteiger partial charge in [-0.15, -0.1) is 0 Å². The van der Waals surface area contributed by atoms with Crippen LogP contribution in [-0.2, 0) is 10.8 Å². The number of ether oxygens (including phenoxy) is 1. The van der Waals surface area contributed by atoms with Crippen molar-refractivity contribution in [3.8, 4) is 5.75 Å². The molecule has 0 saturated heterocycles. The number of rotatable bonds is 4. The Morgan fingerprint density at radius 2 is 1.57 bits per heavy atom. The van der Waals surface area contributed by atoms with Gasteiger partial charge in [0.25, 0.3) is 0 Å². The van der Waals surface area contributed by atoms with E-state index in [0.717, 1.165) is 11.3 Å². The average molecular weight is 382 g/mol. The van der Waals surface area contributed by atoms with Gasteiger partial charge in [0.15, 0.2) is 3.79 Å². The molecule has 1 unspecified atom stereocenters. The molecule has 0 aliphatic rings. The van der Waals surface area contributed by atoms with E-state index in [0.29, 0.717) is 0 Å². The van der Waals surface area contributed by atoms with Gasteiger partial charge in [0.05, 0.1) is 6.10 Å². The summed E-state index contributed by atoms with van der Waals surface area (Å²) < 4.78 is 4.33. The molecule has 2 nitrogen and oxygen atoms in total. The summed E-state index contributed by atoms with van der Waals surface area (Å²) in [5, 5.41) is 9.95. The monoisotopic (exact) mass is 380 g/mol. The highest BCUT2D eigenvalue weighted by atomic mass is 35.6. The predicted molar refractivity (Wildman–Crippen MR) is 100 cm³/mol. The molecular formula is C18H27Cl3O2. The summed E-state index contributed by atoms with van der Waals surface area (Å²) in [5.41, 5.74) is 2.34. The van der Waals surface area contributed by atoms with Crippen LogP contribution in [0.2, 0.25) is 0 Å². The first-order valence-electron chi connectivity index (χ1n) is 7.73. The molecule has 1 rings (SSSR count). The van der Waals surface area contributed by atoms with Gasteiger partial charge in [0, 0.05) is 6.42 Å². The van der Waals surface area contributed by atoms with Crippen LogP contribution in [0.3, 0.4) is 0 Å².